The van der Waals surface area contributed by atoms with Gasteiger partial charge in [0.05, 0.1) is 23.6 Å². The topological polar surface area (TPSA) is 30.6 Å². The van der Waals surface area contributed by atoms with Crippen molar-refractivity contribution in [2.75, 3.05) is 0 Å². The van der Waals surface area contributed by atoms with Gasteiger partial charge in [-0.2, -0.15) is 4.57 Å². The molecule has 2 aromatic carbocycles. The summed E-state index contributed by atoms with van der Waals surface area (Å²) < 4.78 is 14.5. The van der Waals surface area contributed by atoms with Crippen LogP contribution >= 0.6 is 0 Å². The lowest BCUT2D eigenvalue weighted by Crippen LogP contribution is -2.34. The van der Waals surface area contributed by atoms with E-state index in [2.05, 4.69) is 34.5 Å². The third kappa shape index (κ3) is 2.20. The van der Waals surface area contributed by atoms with E-state index in [0.717, 1.165) is 44.6 Å². The van der Waals surface area contributed by atoms with Gasteiger partial charge < -0.3 is 14.0 Å². The molecule has 1 aliphatic rings. The van der Waals surface area contributed by atoms with Gasteiger partial charge in [-0.3, -0.25) is 0 Å². The first kappa shape index (κ1) is 16.8. The Kier molecular flexibility index (Phi) is 3.36. The summed E-state index contributed by atoms with van der Waals surface area (Å²) >= 11 is 0. The molecule has 0 fully saturated rings. The third-order valence-electron chi connectivity index (χ3n) is 5.68. The van der Waals surface area contributed by atoms with E-state index in [1.807, 2.05) is 39.1 Å². The summed E-state index contributed by atoms with van der Waals surface area (Å²) in [5, 5.41) is 3.29. The molecule has 0 saturated heterocycles. The largest absolute Gasteiger partial charge is 0.449 e. The van der Waals surface area contributed by atoms with Crippen LogP contribution in [0, 0.1) is 13.5 Å². The Hall–Kier alpha value is -3.32. The molecule has 0 radical (unpaired) electrons. The van der Waals surface area contributed by atoms with Gasteiger partial charge in [0.2, 0.25) is 11.3 Å². The van der Waals surface area contributed by atoms with E-state index in [1.165, 1.54) is 11.1 Å². The zero-order chi connectivity index (χ0) is 19.6. The fourth-order valence-corrected chi connectivity index (χ4v) is 4.30. The molecule has 0 N–H and O–H groups in total. The maximum absolute atomic E-state index is 7.61. The summed E-state index contributed by atoms with van der Waals surface area (Å²) in [5.74, 6) is 1.70. The molecule has 138 valence electrons. The molecule has 1 aliphatic heterocycles. The summed E-state index contributed by atoms with van der Waals surface area (Å²) in [6, 6.07) is 12.4. The van der Waals surface area contributed by atoms with E-state index in [-0.39, 0.29) is 0 Å². The van der Waals surface area contributed by atoms with Crippen LogP contribution in [0.15, 0.2) is 47.1 Å². The first-order valence-corrected chi connectivity index (χ1v) is 9.42. The van der Waals surface area contributed by atoms with E-state index in [1.54, 1.807) is 6.26 Å². The van der Waals surface area contributed by atoms with E-state index >= 15 is 0 Å². The van der Waals surface area contributed by atoms with Gasteiger partial charge in [0.25, 0.3) is 5.69 Å². The number of ether oxygens (including phenoxy) is 1. The van der Waals surface area contributed by atoms with Gasteiger partial charge in [-0.25, -0.2) is 6.57 Å². The number of nitrogens with zero attached hydrogens (tertiary/aromatic N) is 2. The van der Waals surface area contributed by atoms with Gasteiger partial charge in [-0.05, 0) is 30.0 Å². The summed E-state index contributed by atoms with van der Waals surface area (Å²) in [6.07, 6.45) is 2.30. The van der Waals surface area contributed by atoms with Crippen LogP contribution in [0.2, 0.25) is 0 Å². The predicted octanol–water partition coefficient (Wildman–Crippen LogP) is 5.73. The molecule has 0 aliphatic carbocycles. The Balaban J connectivity index is 1.95. The smallest absolute Gasteiger partial charge is 0.381 e. The lowest BCUT2D eigenvalue weighted by Gasteiger charge is -2.23. The summed E-state index contributed by atoms with van der Waals surface area (Å²) in [4.78, 5) is 3.84. The summed E-state index contributed by atoms with van der Waals surface area (Å²) in [5.41, 5.74) is 4.69. The van der Waals surface area contributed by atoms with Crippen molar-refractivity contribution in [1.29, 1.82) is 0 Å². The molecule has 0 unspecified atom stereocenters. The Labute approximate surface area is 163 Å². The molecular formula is C24H21N2O2+. The van der Waals surface area contributed by atoms with Crippen molar-refractivity contribution in [1.82, 2.24) is 0 Å². The number of fused-ring (bicyclic) bond motifs is 3. The van der Waals surface area contributed by atoms with Crippen molar-refractivity contribution in [3.05, 3.63) is 65.2 Å². The first-order valence-electron chi connectivity index (χ1n) is 9.42. The average Bonchev–Trinajstić information content (AvgIpc) is 3.17. The van der Waals surface area contributed by atoms with Crippen molar-refractivity contribution < 1.29 is 13.7 Å². The zero-order valence-electron chi connectivity index (χ0n) is 16.5. The van der Waals surface area contributed by atoms with Crippen molar-refractivity contribution in [2.45, 2.75) is 32.7 Å². The van der Waals surface area contributed by atoms with Crippen LogP contribution < -0.4 is 9.30 Å². The SMILES string of the molecule is [C-]#[N+]C(C)(C)Cc1c2c([n+](C)c3occc13)-c1c(C)ccc3cccc(c13)O2. The molecule has 5 rings (SSSR count). The van der Waals surface area contributed by atoms with E-state index < -0.39 is 5.54 Å². The number of benzene rings is 2. The molecule has 0 bridgehead atoms. The van der Waals surface area contributed by atoms with Crippen molar-refractivity contribution in [2.24, 2.45) is 7.05 Å². The van der Waals surface area contributed by atoms with Gasteiger partial charge in [0, 0.05) is 24.8 Å². The second-order valence-electron chi connectivity index (χ2n) is 8.17. The molecule has 4 aromatic rings. The van der Waals surface area contributed by atoms with Crippen molar-refractivity contribution in [3.8, 4) is 22.8 Å². The molecule has 0 spiro atoms. The molecule has 3 heterocycles. The van der Waals surface area contributed by atoms with Gasteiger partial charge >= 0.3 is 5.71 Å². The van der Waals surface area contributed by atoms with Gasteiger partial charge in [-0.1, -0.05) is 24.3 Å². The minimum atomic E-state index is -0.528. The first-order chi connectivity index (χ1) is 13.4. The molecule has 4 nitrogen and oxygen atoms in total. The number of hydrogen-bond donors (Lipinski definition) is 0. The Morgan fingerprint density at radius 1 is 1.14 bits per heavy atom. The molecule has 0 amide bonds. The number of aryl methyl sites for hydroxylation is 2. The van der Waals surface area contributed by atoms with E-state index in [9.17, 15) is 0 Å². The lowest BCUT2D eigenvalue weighted by atomic mass is 9.88. The molecular weight excluding hydrogens is 348 g/mol. The second-order valence-corrected chi connectivity index (χ2v) is 8.17. The highest BCUT2D eigenvalue weighted by atomic mass is 16.5. The van der Waals surface area contributed by atoms with Gasteiger partial charge in [0.1, 0.15) is 12.8 Å². The van der Waals surface area contributed by atoms with Crippen LogP contribution in [0.1, 0.15) is 25.0 Å². The Morgan fingerprint density at radius 3 is 2.75 bits per heavy atom. The number of furan rings is 1. The molecule has 28 heavy (non-hydrogen) atoms. The highest BCUT2D eigenvalue weighted by molar-refractivity contribution is 6.05. The number of pyridine rings is 1. The standard InChI is InChI=1S/C24H21N2O2/c1-14-9-10-15-7-6-8-18-20(15)19(14)21-22(28-18)17(13-24(2,3)25-4)16-11-12-27-23(16)26(21)5/h6-12H,13H2,1-3,5H3/q+1. The number of hydrogen-bond acceptors (Lipinski definition) is 2. The number of rotatable bonds is 2. The monoisotopic (exact) mass is 369 g/mol. The summed E-state index contributed by atoms with van der Waals surface area (Å²) in [6.45, 7) is 13.7. The van der Waals surface area contributed by atoms with Crippen molar-refractivity contribution >= 4 is 21.9 Å². The fourth-order valence-electron chi connectivity index (χ4n) is 4.30. The Bertz CT molecular complexity index is 1320. The number of aromatic nitrogens is 1. The molecule has 0 saturated carbocycles. The van der Waals surface area contributed by atoms with Crippen LogP contribution in [-0.4, -0.2) is 5.54 Å². The van der Waals surface area contributed by atoms with Gasteiger partial charge in [-0.15, -0.1) is 0 Å². The quantitative estimate of drug-likeness (QED) is 0.294. The average molecular weight is 369 g/mol. The highest BCUT2D eigenvalue weighted by Gasteiger charge is 2.38. The third-order valence-corrected chi connectivity index (χ3v) is 5.68. The van der Waals surface area contributed by atoms with Gasteiger partial charge in [0.15, 0.2) is 0 Å². The highest BCUT2D eigenvalue weighted by Crippen LogP contribution is 2.49. The van der Waals surface area contributed by atoms with Crippen LogP contribution in [0.3, 0.4) is 0 Å². The molecule has 0 atom stereocenters. The van der Waals surface area contributed by atoms with Crippen LogP contribution in [-0.2, 0) is 13.5 Å². The van der Waals surface area contributed by atoms with E-state index in [4.69, 9.17) is 15.7 Å². The zero-order valence-corrected chi connectivity index (χ0v) is 16.5. The predicted molar refractivity (Wildman–Crippen MR) is 110 cm³/mol. The maximum Gasteiger partial charge on any atom is 0.381 e. The van der Waals surface area contributed by atoms with E-state index in [0.29, 0.717) is 6.42 Å². The van der Waals surface area contributed by atoms with Crippen molar-refractivity contribution in [3.63, 3.8) is 0 Å². The van der Waals surface area contributed by atoms with Crippen LogP contribution in [0.4, 0.5) is 0 Å². The molecule has 4 heteroatoms. The van der Waals surface area contributed by atoms with Crippen LogP contribution in [0.25, 0.3) is 38.0 Å². The fraction of sp³-hybridized carbons (Fsp3) is 0.250. The van der Waals surface area contributed by atoms with Crippen LogP contribution in [0.5, 0.6) is 11.5 Å². The maximum atomic E-state index is 7.61. The summed E-state index contributed by atoms with van der Waals surface area (Å²) in [7, 11) is 2.02. The Morgan fingerprint density at radius 2 is 1.96 bits per heavy atom. The minimum Gasteiger partial charge on any atom is -0.449 e. The normalized spacial score (nSPS) is 12.7. The lowest BCUT2D eigenvalue weighted by molar-refractivity contribution is -0.640. The second kappa shape index (κ2) is 5.59. The molecule has 2 aromatic heterocycles. The minimum absolute atomic E-state index is 0.528.